The number of hydrogen-bond acceptors (Lipinski definition) is 4. The maximum absolute atomic E-state index is 14.7. The number of ether oxygens (including phenoxy) is 1. The van der Waals surface area contributed by atoms with Gasteiger partial charge in [-0.3, -0.25) is 14.2 Å². The Kier molecular flexibility index (Phi) is 5.61. The number of carbonyl (C=O) groups excluding carboxylic acids is 2. The molecule has 5 nitrogen and oxygen atoms in total. The second-order valence-electron chi connectivity index (χ2n) is 6.84. The summed E-state index contributed by atoms with van der Waals surface area (Å²) in [4.78, 5) is 25.3. The highest BCUT2D eigenvalue weighted by Crippen LogP contribution is 2.34. The highest BCUT2D eigenvalue weighted by molar-refractivity contribution is 6.30. The predicted octanol–water partition coefficient (Wildman–Crippen LogP) is 4.77. The van der Waals surface area contributed by atoms with Crippen molar-refractivity contribution in [2.45, 2.75) is 33.3 Å². The molecule has 2 aromatic carbocycles. The van der Waals surface area contributed by atoms with Gasteiger partial charge in [0.2, 0.25) is 0 Å². The third-order valence-corrected chi connectivity index (χ3v) is 4.78. The highest BCUT2D eigenvalue weighted by atomic mass is 35.5. The topological polar surface area (TPSA) is 68.5 Å². The van der Waals surface area contributed by atoms with E-state index in [2.05, 4.69) is 0 Å². The van der Waals surface area contributed by atoms with Crippen LogP contribution in [0.2, 0.25) is 5.02 Å². The van der Waals surface area contributed by atoms with Gasteiger partial charge >= 0.3 is 5.97 Å². The zero-order chi connectivity index (χ0) is 21.5. The Balaban J connectivity index is 2.21. The van der Waals surface area contributed by atoms with Gasteiger partial charge in [-0.1, -0.05) is 11.6 Å². The van der Waals surface area contributed by atoms with Gasteiger partial charge in [0.15, 0.2) is 11.6 Å². The van der Waals surface area contributed by atoms with Crippen LogP contribution in [0.4, 0.5) is 8.78 Å². The Hall–Kier alpha value is -2.93. The first-order chi connectivity index (χ1) is 13.6. The number of fused-ring (bicyclic) bond motifs is 1. The number of nitrogens with zero attached hydrogens (tertiary/aromatic N) is 1. The number of hydrogen-bond donors (Lipinski definition) is 1. The average Bonchev–Trinajstić information content (AvgIpc) is 2.91. The van der Waals surface area contributed by atoms with Gasteiger partial charge in [0, 0.05) is 16.6 Å². The zero-order valence-corrected chi connectivity index (χ0v) is 16.7. The molecule has 0 aliphatic carbocycles. The zero-order valence-electron chi connectivity index (χ0n) is 15.9. The van der Waals surface area contributed by atoms with Crippen molar-refractivity contribution < 1.29 is 28.2 Å². The Labute approximate surface area is 170 Å². The van der Waals surface area contributed by atoms with Crippen LogP contribution in [0.15, 0.2) is 30.3 Å². The van der Waals surface area contributed by atoms with E-state index < -0.39 is 29.3 Å². The lowest BCUT2D eigenvalue weighted by Crippen LogP contribution is -2.16. The fraction of sp³-hybridized carbons (Fsp3) is 0.238. The molecule has 29 heavy (non-hydrogen) atoms. The molecule has 0 fully saturated rings. The van der Waals surface area contributed by atoms with E-state index in [1.807, 2.05) is 0 Å². The molecular formula is C21H18ClF2NO4. The van der Waals surface area contributed by atoms with Crippen molar-refractivity contribution in [2.75, 3.05) is 0 Å². The number of benzene rings is 2. The Morgan fingerprint density at radius 3 is 2.52 bits per heavy atom. The summed E-state index contributed by atoms with van der Waals surface area (Å²) < 4.78 is 34.9. The molecule has 152 valence electrons. The molecule has 0 saturated carbocycles. The summed E-state index contributed by atoms with van der Waals surface area (Å²) in [7, 11) is 0. The number of carbonyl (C=O) groups is 2. The highest BCUT2D eigenvalue weighted by Gasteiger charge is 2.26. The summed E-state index contributed by atoms with van der Waals surface area (Å²) in [6, 6.07) is 6.06. The number of phenolic OH excluding ortho intramolecular Hbond substituents is 1. The van der Waals surface area contributed by atoms with E-state index in [4.69, 9.17) is 16.3 Å². The fourth-order valence-electron chi connectivity index (χ4n) is 3.21. The molecule has 0 spiro atoms. The molecule has 3 aromatic rings. The maximum atomic E-state index is 14.7. The maximum Gasteiger partial charge on any atom is 0.310 e. The Morgan fingerprint density at radius 2 is 1.90 bits per heavy atom. The average molecular weight is 422 g/mol. The van der Waals surface area contributed by atoms with E-state index in [0.717, 1.165) is 12.1 Å². The second kappa shape index (κ2) is 7.83. The smallest absolute Gasteiger partial charge is 0.310 e. The Morgan fingerprint density at radius 1 is 1.21 bits per heavy atom. The normalized spacial score (nSPS) is 11.3. The van der Waals surface area contributed by atoms with Crippen molar-refractivity contribution in [1.29, 1.82) is 0 Å². The minimum absolute atomic E-state index is 0.00306. The number of phenols is 1. The number of aromatic nitrogens is 1. The van der Waals surface area contributed by atoms with E-state index >= 15 is 0 Å². The van der Waals surface area contributed by atoms with Gasteiger partial charge < -0.3 is 9.84 Å². The van der Waals surface area contributed by atoms with Crippen LogP contribution in [0.3, 0.4) is 0 Å². The van der Waals surface area contributed by atoms with Crippen molar-refractivity contribution in [3.8, 4) is 5.75 Å². The summed E-state index contributed by atoms with van der Waals surface area (Å²) in [5.74, 6) is -3.56. The molecule has 0 aliphatic rings. The first-order valence-corrected chi connectivity index (χ1v) is 9.20. The first-order valence-electron chi connectivity index (χ1n) is 8.82. The predicted molar refractivity (Wildman–Crippen MR) is 104 cm³/mol. The lowest BCUT2D eigenvalue weighted by molar-refractivity contribution is -0.146. The van der Waals surface area contributed by atoms with Crippen LogP contribution >= 0.6 is 11.6 Å². The van der Waals surface area contributed by atoms with Crippen LogP contribution in [0.25, 0.3) is 10.9 Å². The van der Waals surface area contributed by atoms with Crippen LogP contribution < -0.4 is 0 Å². The van der Waals surface area contributed by atoms with E-state index in [-0.39, 0.29) is 45.3 Å². The van der Waals surface area contributed by atoms with Crippen molar-refractivity contribution in [1.82, 2.24) is 4.57 Å². The molecule has 0 unspecified atom stereocenters. The van der Waals surface area contributed by atoms with Crippen LogP contribution in [-0.2, 0) is 16.0 Å². The molecular weight excluding hydrogens is 404 g/mol. The largest absolute Gasteiger partial charge is 0.505 e. The van der Waals surface area contributed by atoms with E-state index in [0.29, 0.717) is 0 Å². The standard InChI is InChI=1S/C21H18ClF2NO4/c1-10(2)29-18(27)9-13-11(3)25(16-6-7-17(26)20(24)19(13)16)21(28)12-4-5-14(22)15(23)8-12/h4-8,10,26H,9H2,1-3H3. The van der Waals surface area contributed by atoms with Gasteiger partial charge in [0.25, 0.3) is 5.91 Å². The van der Waals surface area contributed by atoms with Crippen molar-refractivity contribution in [2.24, 2.45) is 0 Å². The second-order valence-corrected chi connectivity index (χ2v) is 7.25. The molecule has 0 saturated heterocycles. The summed E-state index contributed by atoms with van der Waals surface area (Å²) >= 11 is 5.68. The van der Waals surface area contributed by atoms with Gasteiger partial charge in [-0.05, 0) is 56.7 Å². The van der Waals surface area contributed by atoms with E-state index in [1.54, 1.807) is 20.8 Å². The van der Waals surface area contributed by atoms with Gasteiger partial charge in [0.1, 0.15) is 5.82 Å². The Bertz CT molecular complexity index is 1140. The minimum atomic E-state index is -0.952. The number of aromatic hydroxyl groups is 1. The molecule has 1 N–H and O–H groups in total. The summed E-state index contributed by atoms with van der Waals surface area (Å²) in [5, 5.41) is 9.60. The summed E-state index contributed by atoms with van der Waals surface area (Å²) in [6.07, 6.45) is -0.663. The number of esters is 1. The molecule has 8 heteroatoms. The SMILES string of the molecule is Cc1c(CC(=O)OC(C)C)c2c(F)c(O)ccc2n1C(=O)c1ccc(Cl)c(F)c1. The molecule has 0 radical (unpaired) electrons. The fourth-order valence-corrected chi connectivity index (χ4v) is 3.33. The quantitative estimate of drug-likeness (QED) is 0.616. The molecule has 1 aromatic heterocycles. The molecule has 3 rings (SSSR count). The molecule has 1 heterocycles. The van der Waals surface area contributed by atoms with Crippen LogP contribution in [-0.4, -0.2) is 27.7 Å². The molecule has 0 amide bonds. The molecule has 0 atom stereocenters. The third kappa shape index (κ3) is 3.82. The van der Waals surface area contributed by atoms with E-state index in [9.17, 15) is 23.5 Å². The van der Waals surface area contributed by atoms with Crippen molar-refractivity contribution in [3.63, 3.8) is 0 Å². The summed E-state index contributed by atoms with van der Waals surface area (Å²) in [5.41, 5.74) is 0.634. The summed E-state index contributed by atoms with van der Waals surface area (Å²) in [6.45, 7) is 4.90. The minimum Gasteiger partial charge on any atom is -0.505 e. The first kappa shape index (κ1) is 20.8. The van der Waals surface area contributed by atoms with Gasteiger partial charge in [-0.25, -0.2) is 8.78 Å². The van der Waals surface area contributed by atoms with Crippen molar-refractivity contribution >= 4 is 34.4 Å². The third-order valence-electron chi connectivity index (χ3n) is 4.47. The molecule has 0 aliphatic heterocycles. The van der Waals surface area contributed by atoms with E-state index in [1.165, 1.54) is 22.8 Å². The lowest BCUT2D eigenvalue weighted by Gasteiger charge is -2.09. The monoisotopic (exact) mass is 421 g/mol. The van der Waals surface area contributed by atoms with Gasteiger partial charge in [0.05, 0.1) is 23.1 Å². The van der Waals surface area contributed by atoms with Crippen LogP contribution in [0.5, 0.6) is 5.75 Å². The lowest BCUT2D eigenvalue weighted by atomic mass is 10.1. The van der Waals surface area contributed by atoms with Gasteiger partial charge in [-0.2, -0.15) is 0 Å². The number of halogens is 3. The molecule has 0 bridgehead atoms. The van der Waals surface area contributed by atoms with Crippen LogP contribution in [0.1, 0.15) is 35.5 Å². The number of rotatable bonds is 4. The van der Waals surface area contributed by atoms with Gasteiger partial charge in [-0.15, -0.1) is 0 Å². The van der Waals surface area contributed by atoms with Crippen LogP contribution in [0, 0.1) is 18.6 Å². The van der Waals surface area contributed by atoms with Crippen molar-refractivity contribution in [3.05, 3.63) is 63.8 Å².